The van der Waals surface area contributed by atoms with E-state index in [9.17, 15) is 24.3 Å². The quantitative estimate of drug-likeness (QED) is 0.0490. The van der Waals surface area contributed by atoms with Gasteiger partial charge in [-0.25, -0.2) is 0 Å². The van der Waals surface area contributed by atoms with Crippen molar-refractivity contribution in [3.8, 4) is 5.75 Å². The number of hydrogen-bond donors (Lipinski definition) is 9. The summed E-state index contributed by atoms with van der Waals surface area (Å²) in [6.45, 7) is 9.13. The fourth-order valence-electron chi connectivity index (χ4n) is 4.66. The number of likely N-dealkylation sites (N-methyl/N-ethyl adjacent to an activating group) is 1. The Bertz CT molecular complexity index is 1560. The number of carbonyl (C=O) groups excluding carboxylic acids is 4. The summed E-state index contributed by atoms with van der Waals surface area (Å²) in [6.07, 6.45) is 3.70. The molecule has 0 radical (unpaired) electrons. The number of aromatic hydroxyl groups is 1. The number of rotatable bonds is 19. The molecule has 0 aliphatic carbocycles. The van der Waals surface area contributed by atoms with Crippen molar-refractivity contribution >= 4 is 40.7 Å². The highest BCUT2D eigenvalue weighted by atomic mass is 16.3. The number of nitrogens with two attached hydrogens (primary N) is 3. The maximum absolute atomic E-state index is 13.1. The Labute approximate surface area is 307 Å². The number of phenolic OH excluding ortho intramolecular Hbond substituents is 1. The van der Waals surface area contributed by atoms with Gasteiger partial charge in [0.05, 0.1) is 13.1 Å². The van der Waals surface area contributed by atoms with Crippen LogP contribution in [0.5, 0.6) is 5.75 Å². The summed E-state index contributed by atoms with van der Waals surface area (Å²) in [6, 6.07) is 19.9. The second kappa shape index (κ2) is 26.4. The highest BCUT2D eigenvalue weighted by Gasteiger charge is 2.26. The lowest BCUT2D eigenvalue weighted by Gasteiger charge is -2.24. The minimum Gasteiger partial charge on any atom is -0.508 e. The largest absolute Gasteiger partial charge is 0.508 e. The highest BCUT2D eigenvalue weighted by Crippen LogP contribution is 2.16. The van der Waals surface area contributed by atoms with Gasteiger partial charge in [0.25, 0.3) is 0 Å². The molecule has 52 heavy (non-hydrogen) atoms. The first-order chi connectivity index (χ1) is 25.0. The minimum atomic E-state index is -0.901. The lowest BCUT2D eigenvalue weighted by molar-refractivity contribution is -0.131. The van der Waals surface area contributed by atoms with Crippen molar-refractivity contribution in [1.82, 2.24) is 26.6 Å². The third-order valence-electron chi connectivity index (χ3n) is 7.34. The summed E-state index contributed by atoms with van der Waals surface area (Å²) in [5, 5.41) is 25.7. The van der Waals surface area contributed by atoms with E-state index in [1.54, 1.807) is 19.2 Å². The van der Waals surface area contributed by atoms with Crippen molar-refractivity contribution in [3.05, 3.63) is 90.1 Å². The zero-order valence-corrected chi connectivity index (χ0v) is 30.6. The van der Waals surface area contributed by atoms with Crippen LogP contribution in [0.1, 0.15) is 44.2 Å². The molecular weight excluding hydrogens is 662 g/mol. The molecule has 14 nitrogen and oxygen atoms in total. The van der Waals surface area contributed by atoms with Crippen molar-refractivity contribution < 1.29 is 24.3 Å². The van der Waals surface area contributed by atoms with E-state index < -0.39 is 29.8 Å². The number of carbonyl (C=O) groups is 4. The topological polar surface area (TPSA) is 239 Å². The Hall–Kier alpha value is -5.47. The Balaban J connectivity index is 0.000000571. The normalized spacial score (nSPS) is 11.2. The average Bonchev–Trinajstić information content (AvgIpc) is 3.14. The molecule has 0 saturated heterocycles. The number of aldehydes is 1. The zero-order chi connectivity index (χ0) is 38.7. The Morgan fingerprint density at radius 2 is 1.56 bits per heavy atom. The van der Waals surface area contributed by atoms with E-state index in [2.05, 4.69) is 87.5 Å². The number of fused-ring (bicyclic) bond motifs is 1. The maximum atomic E-state index is 13.1. The standard InChI is InChI=1S/C22H34N6O5.C12H12.C4H11N3/c1-15(13-24-2)27-19(12-16-5-7-17(30)8-6-16)22(33)28-18(4-3-9-23)21(32)26-14-20(31)25-10-11-29;1-2-10-7-8-11-5-3-4-6-12(11)9-10;1-2-3-7-4(5)6/h5-8,11,18-19,24,27,30H,1,3-4,9-10,12-14,23H2,2H3,(H,25,31)(H,26,32)(H,28,33);3-9H,2H2,1H3;2-3H2,1H3,(H4,5,6,7)/t18-,19?;;/m0../s1. The molecule has 3 aromatic carbocycles. The number of hydrogen-bond acceptors (Lipinski definition) is 9. The first kappa shape index (κ1) is 44.6. The van der Waals surface area contributed by atoms with Gasteiger partial charge < -0.3 is 53.7 Å². The molecule has 12 N–H and O–H groups in total. The van der Waals surface area contributed by atoms with Crippen LogP contribution in [0.2, 0.25) is 0 Å². The molecule has 1 unspecified atom stereocenters. The molecule has 0 aliphatic heterocycles. The zero-order valence-electron chi connectivity index (χ0n) is 30.6. The number of amides is 3. The molecule has 0 aliphatic rings. The van der Waals surface area contributed by atoms with E-state index in [4.69, 9.17) is 17.2 Å². The second-order valence-corrected chi connectivity index (χ2v) is 11.7. The minimum absolute atomic E-state index is 0.114. The van der Waals surface area contributed by atoms with Crippen LogP contribution in [-0.4, -0.2) is 86.9 Å². The molecule has 0 saturated carbocycles. The summed E-state index contributed by atoms with van der Waals surface area (Å²) >= 11 is 0. The van der Waals surface area contributed by atoms with Crippen molar-refractivity contribution in [2.75, 3.05) is 39.8 Å². The molecule has 0 bridgehead atoms. The van der Waals surface area contributed by atoms with Crippen LogP contribution >= 0.6 is 0 Å². The van der Waals surface area contributed by atoms with Crippen LogP contribution in [-0.2, 0) is 32.0 Å². The molecule has 0 spiro atoms. The van der Waals surface area contributed by atoms with Crippen LogP contribution in [0.25, 0.3) is 10.8 Å². The molecule has 3 aromatic rings. The number of aryl methyl sites for hydroxylation is 1. The van der Waals surface area contributed by atoms with Crippen LogP contribution in [0, 0.1) is 0 Å². The number of benzene rings is 3. The van der Waals surface area contributed by atoms with Gasteiger partial charge in [-0.1, -0.05) is 75.0 Å². The van der Waals surface area contributed by atoms with Crippen molar-refractivity contribution in [2.45, 2.75) is 58.0 Å². The average molecular weight is 720 g/mol. The fraction of sp³-hybridized carbons (Fsp3) is 0.395. The summed E-state index contributed by atoms with van der Waals surface area (Å²) in [5.74, 6) is -1.18. The monoisotopic (exact) mass is 719 g/mol. The van der Waals surface area contributed by atoms with E-state index in [-0.39, 0.29) is 37.6 Å². The number of nitrogens with zero attached hydrogens (tertiary/aromatic N) is 1. The van der Waals surface area contributed by atoms with E-state index in [0.29, 0.717) is 31.5 Å². The third-order valence-corrected chi connectivity index (χ3v) is 7.34. The summed E-state index contributed by atoms with van der Waals surface area (Å²) in [4.78, 5) is 51.4. The van der Waals surface area contributed by atoms with Gasteiger partial charge in [-0.3, -0.25) is 19.4 Å². The number of aliphatic imine (C=N–C) groups is 1. The second-order valence-electron chi connectivity index (χ2n) is 11.7. The summed E-state index contributed by atoms with van der Waals surface area (Å²) < 4.78 is 0. The van der Waals surface area contributed by atoms with Gasteiger partial charge in [0.1, 0.15) is 24.1 Å². The Morgan fingerprint density at radius 3 is 2.13 bits per heavy atom. The van der Waals surface area contributed by atoms with E-state index in [0.717, 1.165) is 24.9 Å². The van der Waals surface area contributed by atoms with Gasteiger partial charge in [-0.05, 0) is 73.3 Å². The number of nitrogens with one attached hydrogen (secondary N) is 5. The molecule has 0 heterocycles. The van der Waals surface area contributed by atoms with Gasteiger partial charge in [-0.2, -0.15) is 0 Å². The van der Waals surface area contributed by atoms with Crippen LogP contribution in [0.4, 0.5) is 0 Å². The molecule has 0 aromatic heterocycles. The van der Waals surface area contributed by atoms with E-state index >= 15 is 0 Å². The number of guanidine groups is 1. The Kier molecular flexibility index (Phi) is 22.6. The SMILES string of the molecule is C=C(CNC)NC(Cc1ccc(O)cc1)C(=O)N[C@@H](CCCN)C(=O)NCC(=O)NCC=O.CCCN=C(N)N.CCc1ccc2ccccc2c1. The van der Waals surface area contributed by atoms with Gasteiger partial charge in [0.2, 0.25) is 17.7 Å². The maximum Gasteiger partial charge on any atom is 0.243 e. The van der Waals surface area contributed by atoms with Crippen molar-refractivity contribution in [1.29, 1.82) is 0 Å². The molecular formula is C38H57N9O5. The molecule has 14 heteroatoms. The van der Waals surface area contributed by atoms with Crippen molar-refractivity contribution in [3.63, 3.8) is 0 Å². The smallest absolute Gasteiger partial charge is 0.243 e. The van der Waals surface area contributed by atoms with Crippen molar-refractivity contribution in [2.24, 2.45) is 22.2 Å². The van der Waals surface area contributed by atoms with Gasteiger partial charge in [-0.15, -0.1) is 0 Å². The first-order valence-electron chi connectivity index (χ1n) is 17.4. The lowest BCUT2D eigenvalue weighted by atomic mass is 10.0. The molecule has 3 rings (SSSR count). The van der Waals surface area contributed by atoms with E-state index in [1.807, 2.05) is 6.92 Å². The van der Waals surface area contributed by atoms with Crippen LogP contribution < -0.4 is 43.8 Å². The van der Waals surface area contributed by atoms with Crippen LogP contribution in [0.15, 0.2) is 84.0 Å². The predicted octanol–water partition coefficient (Wildman–Crippen LogP) is 1.35. The first-order valence-corrected chi connectivity index (χ1v) is 17.4. The Morgan fingerprint density at radius 1 is 0.885 bits per heavy atom. The van der Waals surface area contributed by atoms with E-state index in [1.165, 1.54) is 28.5 Å². The fourth-order valence-corrected chi connectivity index (χ4v) is 4.66. The van der Waals surface area contributed by atoms with Crippen LogP contribution in [0.3, 0.4) is 0 Å². The van der Waals surface area contributed by atoms with Gasteiger partial charge in [0, 0.05) is 25.2 Å². The highest BCUT2D eigenvalue weighted by molar-refractivity contribution is 5.92. The summed E-state index contributed by atoms with van der Waals surface area (Å²) in [7, 11) is 1.75. The molecule has 2 atom stereocenters. The third kappa shape index (κ3) is 19.1. The van der Waals surface area contributed by atoms with Gasteiger partial charge in [0.15, 0.2) is 5.96 Å². The lowest BCUT2D eigenvalue weighted by Crippen LogP contribution is -2.54. The summed E-state index contributed by atoms with van der Waals surface area (Å²) in [5.41, 5.74) is 18.4. The molecule has 3 amide bonds. The molecule has 0 fully saturated rings. The van der Waals surface area contributed by atoms with Gasteiger partial charge >= 0.3 is 0 Å². The molecule has 284 valence electrons. The number of phenols is 1. The predicted molar refractivity (Wildman–Crippen MR) is 208 cm³/mol.